The third-order valence-corrected chi connectivity index (χ3v) is 2.47. The van der Waals surface area contributed by atoms with Gasteiger partial charge in [-0.1, -0.05) is 26.3 Å². The van der Waals surface area contributed by atoms with Gasteiger partial charge in [-0.15, -0.1) is 6.58 Å². The van der Waals surface area contributed by atoms with Crippen molar-refractivity contribution in [3.63, 3.8) is 0 Å². The predicted molar refractivity (Wildman–Crippen MR) is 64.4 cm³/mol. The number of rotatable bonds is 9. The van der Waals surface area contributed by atoms with Gasteiger partial charge in [0.05, 0.1) is 0 Å². The van der Waals surface area contributed by atoms with Gasteiger partial charge in [0.1, 0.15) is 0 Å². The van der Waals surface area contributed by atoms with Crippen LogP contribution in [0.5, 0.6) is 0 Å². The van der Waals surface area contributed by atoms with Crippen LogP contribution in [0, 0.1) is 5.92 Å². The van der Waals surface area contributed by atoms with Gasteiger partial charge in [-0.25, -0.2) is 0 Å². The molecule has 0 radical (unpaired) electrons. The number of nitrogens with zero attached hydrogens (tertiary/aromatic N) is 1. The fraction of sp³-hybridized carbons (Fsp3) is 0.833. The molecular weight excluding hydrogens is 172 g/mol. The van der Waals surface area contributed by atoms with Gasteiger partial charge < -0.3 is 5.73 Å². The first kappa shape index (κ1) is 13.7. The fourth-order valence-corrected chi connectivity index (χ4v) is 1.81. The Hall–Kier alpha value is -0.340. The van der Waals surface area contributed by atoms with Crippen molar-refractivity contribution in [1.82, 2.24) is 4.90 Å². The number of hydrogen-bond donors (Lipinski definition) is 1. The highest BCUT2D eigenvalue weighted by Gasteiger charge is 2.10. The van der Waals surface area contributed by atoms with E-state index >= 15 is 0 Å². The van der Waals surface area contributed by atoms with Gasteiger partial charge in [-0.05, 0) is 31.8 Å². The zero-order valence-electron chi connectivity index (χ0n) is 9.84. The summed E-state index contributed by atoms with van der Waals surface area (Å²) in [7, 11) is 0. The maximum Gasteiger partial charge on any atom is 0.0160 e. The summed E-state index contributed by atoms with van der Waals surface area (Å²) in [6, 6.07) is 0. The van der Waals surface area contributed by atoms with E-state index < -0.39 is 0 Å². The molecule has 0 aliphatic heterocycles. The Kier molecular flexibility index (Phi) is 9.00. The minimum Gasteiger partial charge on any atom is -0.330 e. The Labute approximate surface area is 89.2 Å². The van der Waals surface area contributed by atoms with Crippen LogP contribution in [0.2, 0.25) is 0 Å². The molecule has 1 atom stereocenters. The van der Waals surface area contributed by atoms with Crippen molar-refractivity contribution >= 4 is 0 Å². The molecule has 0 fully saturated rings. The summed E-state index contributed by atoms with van der Waals surface area (Å²) in [6.45, 7) is 12.3. The van der Waals surface area contributed by atoms with Crippen molar-refractivity contribution in [2.45, 2.75) is 33.1 Å². The van der Waals surface area contributed by atoms with Crippen molar-refractivity contribution in [2.24, 2.45) is 11.7 Å². The molecule has 14 heavy (non-hydrogen) atoms. The standard InChI is InChI=1S/C12H26N2/c1-4-7-12(10-13)11-14(8-5-2)9-6-3/h5,12H,2,4,6-11,13H2,1,3H3. The van der Waals surface area contributed by atoms with E-state index in [9.17, 15) is 0 Å². The Morgan fingerprint density at radius 3 is 2.50 bits per heavy atom. The van der Waals surface area contributed by atoms with E-state index in [1.165, 1.54) is 19.3 Å². The Morgan fingerprint density at radius 2 is 2.07 bits per heavy atom. The van der Waals surface area contributed by atoms with Crippen molar-refractivity contribution < 1.29 is 0 Å². The average molecular weight is 198 g/mol. The first-order chi connectivity index (χ1) is 6.78. The number of hydrogen-bond acceptors (Lipinski definition) is 2. The van der Waals surface area contributed by atoms with E-state index in [0.29, 0.717) is 5.92 Å². The van der Waals surface area contributed by atoms with Gasteiger partial charge in [-0.2, -0.15) is 0 Å². The second kappa shape index (κ2) is 9.22. The van der Waals surface area contributed by atoms with Crippen LogP contribution in [0.15, 0.2) is 12.7 Å². The zero-order valence-corrected chi connectivity index (χ0v) is 9.84. The molecule has 0 aromatic rings. The van der Waals surface area contributed by atoms with Gasteiger partial charge in [-0.3, -0.25) is 4.90 Å². The quantitative estimate of drug-likeness (QED) is 0.576. The Morgan fingerprint density at radius 1 is 1.36 bits per heavy atom. The highest BCUT2D eigenvalue weighted by Crippen LogP contribution is 2.07. The monoisotopic (exact) mass is 198 g/mol. The summed E-state index contributed by atoms with van der Waals surface area (Å²) in [5.41, 5.74) is 5.75. The summed E-state index contributed by atoms with van der Waals surface area (Å²) in [4.78, 5) is 2.44. The van der Waals surface area contributed by atoms with Gasteiger partial charge in [0.15, 0.2) is 0 Å². The highest BCUT2D eigenvalue weighted by atomic mass is 15.1. The molecule has 0 amide bonds. The molecule has 2 N–H and O–H groups in total. The highest BCUT2D eigenvalue weighted by molar-refractivity contribution is 4.75. The maximum absolute atomic E-state index is 5.75. The van der Waals surface area contributed by atoms with Crippen molar-refractivity contribution in [3.05, 3.63) is 12.7 Å². The predicted octanol–water partition coefficient (Wildman–Crippen LogP) is 2.26. The number of nitrogens with two attached hydrogens (primary N) is 1. The smallest absolute Gasteiger partial charge is 0.0160 e. The molecule has 0 heterocycles. The van der Waals surface area contributed by atoms with Crippen LogP contribution in [0.25, 0.3) is 0 Å². The van der Waals surface area contributed by atoms with Crippen molar-refractivity contribution in [2.75, 3.05) is 26.2 Å². The van der Waals surface area contributed by atoms with Crippen molar-refractivity contribution in [3.8, 4) is 0 Å². The minimum atomic E-state index is 0.659. The molecule has 0 aliphatic rings. The Balaban J connectivity index is 3.89. The van der Waals surface area contributed by atoms with Crippen LogP contribution >= 0.6 is 0 Å². The molecular formula is C12H26N2. The topological polar surface area (TPSA) is 29.3 Å². The van der Waals surface area contributed by atoms with Gasteiger partial charge in [0.25, 0.3) is 0 Å². The summed E-state index contributed by atoms with van der Waals surface area (Å²) in [5, 5.41) is 0. The van der Waals surface area contributed by atoms with Gasteiger partial charge >= 0.3 is 0 Å². The molecule has 0 bridgehead atoms. The Bertz CT molecular complexity index is 134. The molecule has 0 spiro atoms. The molecule has 0 aromatic carbocycles. The largest absolute Gasteiger partial charge is 0.330 e. The SMILES string of the molecule is C=CCN(CCC)CC(CN)CCC. The lowest BCUT2D eigenvalue weighted by atomic mass is 10.0. The summed E-state index contributed by atoms with van der Waals surface area (Å²) in [6.07, 6.45) is 5.66. The normalized spacial score (nSPS) is 13.1. The lowest BCUT2D eigenvalue weighted by molar-refractivity contribution is 0.247. The molecule has 0 saturated carbocycles. The summed E-state index contributed by atoms with van der Waals surface area (Å²) < 4.78 is 0. The van der Waals surface area contributed by atoms with Crippen LogP contribution in [0.3, 0.4) is 0 Å². The van der Waals surface area contributed by atoms with E-state index in [1.807, 2.05) is 6.08 Å². The van der Waals surface area contributed by atoms with E-state index in [0.717, 1.165) is 26.2 Å². The van der Waals surface area contributed by atoms with Crippen LogP contribution in [-0.2, 0) is 0 Å². The molecule has 84 valence electrons. The third-order valence-electron chi connectivity index (χ3n) is 2.47. The third kappa shape index (κ3) is 6.17. The lowest BCUT2D eigenvalue weighted by Gasteiger charge is -2.25. The first-order valence-electron chi connectivity index (χ1n) is 5.81. The molecule has 1 unspecified atom stereocenters. The average Bonchev–Trinajstić information content (AvgIpc) is 2.18. The van der Waals surface area contributed by atoms with Crippen LogP contribution < -0.4 is 5.73 Å². The molecule has 0 aromatic heterocycles. The van der Waals surface area contributed by atoms with Crippen molar-refractivity contribution in [1.29, 1.82) is 0 Å². The van der Waals surface area contributed by atoms with Crippen LogP contribution in [0.1, 0.15) is 33.1 Å². The molecule has 2 nitrogen and oxygen atoms in total. The maximum atomic E-state index is 5.75. The zero-order chi connectivity index (χ0) is 10.8. The van der Waals surface area contributed by atoms with Gasteiger partial charge in [0.2, 0.25) is 0 Å². The minimum absolute atomic E-state index is 0.659. The van der Waals surface area contributed by atoms with Gasteiger partial charge in [0, 0.05) is 13.1 Å². The van der Waals surface area contributed by atoms with E-state index in [2.05, 4.69) is 25.3 Å². The second-order valence-corrected chi connectivity index (χ2v) is 3.94. The molecule has 0 saturated heterocycles. The van der Waals surface area contributed by atoms with E-state index in [-0.39, 0.29) is 0 Å². The van der Waals surface area contributed by atoms with E-state index in [1.54, 1.807) is 0 Å². The summed E-state index contributed by atoms with van der Waals surface area (Å²) in [5.74, 6) is 0.659. The molecule has 0 rings (SSSR count). The second-order valence-electron chi connectivity index (χ2n) is 3.94. The molecule has 0 aliphatic carbocycles. The fourth-order valence-electron chi connectivity index (χ4n) is 1.81. The molecule has 2 heteroatoms. The first-order valence-corrected chi connectivity index (χ1v) is 5.81. The summed E-state index contributed by atoms with van der Waals surface area (Å²) >= 11 is 0. The van der Waals surface area contributed by atoms with E-state index in [4.69, 9.17) is 5.73 Å². The lowest BCUT2D eigenvalue weighted by Crippen LogP contribution is -2.33. The van der Waals surface area contributed by atoms with Crippen LogP contribution in [-0.4, -0.2) is 31.1 Å². The van der Waals surface area contributed by atoms with Crippen LogP contribution in [0.4, 0.5) is 0 Å².